The van der Waals surface area contributed by atoms with Gasteiger partial charge in [-0.3, -0.25) is 0 Å². The Labute approximate surface area is 107 Å². The largest absolute Gasteiger partial charge is 0.383 e. The van der Waals surface area contributed by atoms with E-state index in [1.54, 1.807) is 6.20 Å². The summed E-state index contributed by atoms with van der Waals surface area (Å²) in [7, 11) is 0. The van der Waals surface area contributed by atoms with E-state index in [0.29, 0.717) is 6.42 Å². The summed E-state index contributed by atoms with van der Waals surface area (Å²) in [5, 5.41) is 10.7. The van der Waals surface area contributed by atoms with E-state index in [9.17, 15) is 5.11 Å². The molecule has 0 aliphatic rings. The number of aliphatic hydroxyl groups is 1. The molecule has 1 atom stereocenters. The van der Waals surface area contributed by atoms with Gasteiger partial charge < -0.3 is 15.4 Å². The Morgan fingerprint density at radius 1 is 1.33 bits per heavy atom. The molecule has 4 heteroatoms. The molecule has 0 fully saturated rings. The van der Waals surface area contributed by atoms with Gasteiger partial charge in [-0.2, -0.15) is 0 Å². The van der Waals surface area contributed by atoms with E-state index in [2.05, 4.69) is 11.9 Å². The average Bonchev–Trinajstić information content (AvgIpc) is 2.86. The first kappa shape index (κ1) is 12.8. The molecule has 0 saturated carbocycles. The normalized spacial score (nSPS) is 14.4. The van der Waals surface area contributed by atoms with E-state index in [0.717, 1.165) is 17.9 Å². The van der Waals surface area contributed by atoms with Crippen LogP contribution >= 0.6 is 0 Å². The molecule has 3 N–H and O–H groups in total. The third-order valence-electron chi connectivity index (χ3n) is 3.24. The van der Waals surface area contributed by atoms with Crippen molar-refractivity contribution in [1.29, 1.82) is 0 Å². The summed E-state index contributed by atoms with van der Waals surface area (Å²) in [5.74, 6) is 0.856. The van der Waals surface area contributed by atoms with E-state index in [-0.39, 0.29) is 6.54 Å². The SMILES string of the molecule is CCn1ccnc1CC(O)(CN)c1ccccc1. The lowest BCUT2D eigenvalue weighted by Gasteiger charge is -2.27. The lowest BCUT2D eigenvalue weighted by Crippen LogP contribution is -2.38. The second-order valence-corrected chi connectivity index (χ2v) is 4.41. The molecule has 0 amide bonds. The van der Waals surface area contributed by atoms with Crippen LogP contribution in [0.3, 0.4) is 0 Å². The van der Waals surface area contributed by atoms with Gasteiger partial charge in [-0.1, -0.05) is 30.3 Å². The second kappa shape index (κ2) is 5.33. The fourth-order valence-corrected chi connectivity index (χ4v) is 2.10. The zero-order chi connectivity index (χ0) is 13.0. The van der Waals surface area contributed by atoms with Crippen LogP contribution in [0.15, 0.2) is 42.7 Å². The molecule has 96 valence electrons. The summed E-state index contributed by atoms with van der Waals surface area (Å²) in [5.41, 5.74) is 5.54. The van der Waals surface area contributed by atoms with Gasteiger partial charge in [0.1, 0.15) is 11.4 Å². The summed E-state index contributed by atoms with van der Waals surface area (Å²) >= 11 is 0. The number of nitrogens with two attached hydrogens (primary N) is 1. The van der Waals surface area contributed by atoms with Crippen LogP contribution in [0.2, 0.25) is 0 Å². The molecule has 18 heavy (non-hydrogen) atoms. The van der Waals surface area contributed by atoms with Crippen LogP contribution in [0.4, 0.5) is 0 Å². The maximum atomic E-state index is 10.7. The number of hydrogen-bond donors (Lipinski definition) is 2. The third kappa shape index (κ3) is 2.44. The van der Waals surface area contributed by atoms with Crippen molar-refractivity contribution < 1.29 is 5.11 Å². The van der Waals surface area contributed by atoms with Gasteiger partial charge >= 0.3 is 0 Å². The molecule has 0 radical (unpaired) electrons. The van der Waals surface area contributed by atoms with Gasteiger partial charge in [0.2, 0.25) is 0 Å². The maximum Gasteiger partial charge on any atom is 0.111 e. The molecule has 0 aliphatic carbocycles. The van der Waals surface area contributed by atoms with Crippen molar-refractivity contribution in [3.05, 3.63) is 54.1 Å². The Hall–Kier alpha value is -1.65. The molecule has 0 saturated heterocycles. The monoisotopic (exact) mass is 245 g/mol. The number of nitrogens with zero attached hydrogens (tertiary/aromatic N) is 2. The quantitative estimate of drug-likeness (QED) is 0.834. The van der Waals surface area contributed by atoms with E-state index < -0.39 is 5.60 Å². The Bertz CT molecular complexity index is 495. The topological polar surface area (TPSA) is 64.1 Å². The van der Waals surface area contributed by atoms with Crippen LogP contribution in [0.5, 0.6) is 0 Å². The first-order valence-corrected chi connectivity index (χ1v) is 6.17. The molecule has 1 aromatic heterocycles. The molecule has 1 heterocycles. The molecule has 1 aromatic carbocycles. The molecular formula is C14H19N3O. The van der Waals surface area contributed by atoms with Crippen molar-refractivity contribution in [2.75, 3.05) is 6.54 Å². The minimum Gasteiger partial charge on any atom is -0.383 e. The lowest BCUT2D eigenvalue weighted by molar-refractivity contribution is 0.0434. The van der Waals surface area contributed by atoms with Crippen LogP contribution in [0.1, 0.15) is 18.3 Å². The van der Waals surface area contributed by atoms with Crippen molar-refractivity contribution in [3.63, 3.8) is 0 Å². The fourth-order valence-electron chi connectivity index (χ4n) is 2.10. The minimum atomic E-state index is -1.06. The van der Waals surface area contributed by atoms with Gasteiger partial charge in [0.15, 0.2) is 0 Å². The molecule has 2 rings (SSSR count). The second-order valence-electron chi connectivity index (χ2n) is 4.41. The Kier molecular flexibility index (Phi) is 3.79. The number of aryl methyl sites for hydroxylation is 1. The number of rotatable bonds is 5. The third-order valence-corrected chi connectivity index (χ3v) is 3.24. The zero-order valence-electron chi connectivity index (χ0n) is 10.6. The first-order valence-electron chi connectivity index (χ1n) is 6.17. The highest BCUT2D eigenvalue weighted by Crippen LogP contribution is 2.24. The Balaban J connectivity index is 2.29. The van der Waals surface area contributed by atoms with Crippen LogP contribution in [0.25, 0.3) is 0 Å². The highest BCUT2D eigenvalue weighted by atomic mass is 16.3. The average molecular weight is 245 g/mol. The molecule has 0 aliphatic heterocycles. The van der Waals surface area contributed by atoms with Gasteiger partial charge in [0.05, 0.1) is 0 Å². The van der Waals surface area contributed by atoms with Crippen molar-refractivity contribution >= 4 is 0 Å². The number of aromatic nitrogens is 2. The molecule has 4 nitrogen and oxygen atoms in total. The number of imidazole rings is 1. The predicted molar refractivity (Wildman–Crippen MR) is 71.0 cm³/mol. The summed E-state index contributed by atoms with van der Waals surface area (Å²) < 4.78 is 2.02. The summed E-state index contributed by atoms with van der Waals surface area (Å²) in [6, 6.07) is 9.52. The smallest absolute Gasteiger partial charge is 0.111 e. The van der Waals surface area contributed by atoms with Gasteiger partial charge in [-0.05, 0) is 12.5 Å². The first-order chi connectivity index (χ1) is 8.69. The highest BCUT2D eigenvalue weighted by Gasteiger charge is 2.29. The molecule has 1 unspecified atom stereocenters. The van der Waals surface area contributed by atoms with Crippen molar-refractivity contribution in [2.45, 2.75) is 25.5 Å². The fraction of sp³-hybridized carbons (Fsp3) is 0.357. The van der Waals surface area contributed by atoms with Crippen LogP contribution in [0, 0.1) is 0 Å². The van der Waals surface area contributed by atoms with Crippen LogP contribution in [-0.4, -0.2) is 21.2 Å². The standard InChI is InChI=1S/C14H19N3O/c1-2-17-9-8-16-13(17)10-14(18,11-15)12-6-4-3-5-7-12/h3-9,18H,2,10-11,15H2,1H3. The van der Waals surface area contributed by atoms with Crippen molar-refractivity contribution in [1.82, 2.24) is 9.55 Å². The van der Waals surface area contributed by atoms with E-state index in [1.165, 1.54) is 0 Å². The van der Waals surface area contributed by atoms with Gasteiger partial charge in [-0.25, -0.2) is 4.98 Å². The van der Waals surface area contributed by atoms with Gasteiger partial charge in [0.25, 0.3) is 0 Å². The predicted octanol–water partition coefficient (Wildman–Crippen LogP) is 1.29. The van der Waals surface area contributed by atoms with Gasteiger partial charge in [0, 0.05) is 31.9 Å². The Morgan fingerprint density at radius 3 is 2.67 bits per heavy atom. The summed E-state index contributed by atoms with van der Waals surface area (Å²) in [6.45, 7) is 3.06. The Morgan fingerprint density at radius 2 is 2.06 bits per heavy atom. The molecular weight excluding hydrogens is 226 g/mol. The maximum absolute atomic E-state index is 10.7. The minimum absolute atomic E-state index is 0.174. The van der Waals surface area contributed by atoms with Crippen LogP contribution < -0.4 is 5.73 Å². The number of hydrogen-bond acceptors (Lipinski definition) is 3. The lowest BCUT2D eigenvalue weighted by atomic mass is 9.90. The zero-order valence-corrected chi connectivity index (χ0v) is 10.6. The van der Waals surface area contributed by atoms with Crippen molar-refractivity contribution in [2.24, 2.45) is 5.73 Å². The number of benzene rings is 1. The molecule has 0 bridgehead atoms. The summed E-state index contributed by atoms with van der Waals surface area (Å²) in [4.78, 5) is 4.29. The van der Waals surface area contributed by atoms with Crippen molar-refractivity contribution in [3.8, 4) is 0 Å². The highest BCUT2D eigenvalue weighted by molar-refractivity contribution is 5.24. The summed E-state index contributed by atoms with van der Waals surface area (Å²) in [6.07, 6.45) is 4.09. The van der Waals surface area contributed by atoms with E-state index in [1.807, 2.05) is 41.1 Å². The van der Waals surface area contributed by atoms with Crippen LogP contribution in [-0.2, 0) is 18.6 Å². The molecule has 2 aromatic rings. The molecule has 0 spiro atoms. The van der Waals surface area contributed by atoms with E-state index in [4.69, 9.17) is 5.73 Å². The van der Waals surface area contributed by atoms with Gasteiger partial charge in [-0.15, -0.1) is 0 Å². The van der Waals surface area contributed by atoms with E-state index >= 15 is 0 Å².